The number of carbonyl (C=O) groups is 1. The van der Waals surface area contributed by atoms with Gasteiger partial charge in [-0.2, -0.15) is 5.10 Å². The van der Waals surface area contributed by atoms with Gasteiger partial charge in [0, 0.05) is 27.5 Å². The summed E-state index contributed by atoms with van der Waals surface area (Å²) >= 11 is 12.4. The van der Waals surface area contributed by atoms with Crippen molar-refractivity contribution in [2.45, 2.75) is 13.8 Å². The maximum Gasteiger partial charge on any atom is 0.271 e. The summed E-state index contributed by atoms with van der Waals surface area (Å²) in [6.45, 7) is 3.97. The van der Waals surface area contributed by atoms with Gasteiger partial charge in [0.2, 0.25) is 0 Å². The lowest BCUT2D eigenvalue weighted by atomic mass is 10.0. The molecule has 0 fully saturated rings. The normalized spacial score (nSPS) is 11.3. The molecule has 4 aromatic rings. The molecule has 0 radical (unpaired) electrons. The molecular weight excluding hydrogens is 417 g/mol. The average molecular weight is 436 g/mol. The third-order valence-corrected chi connectivity index (χ3v) is 5.56. The lowest BCUT2D eigenvalue weighted by Crippen LogP contribution is -2.18. The minimum Gasteiger partial charge on any atom is -0.316 e. The largest absolute Gasteiger partial charge is 0.316 e. The molecular formula is C24H19Cl2N3O. The Balaban J connectivity index is 1.58. The molecule has 150 valence electrons. The van der Waals surface area contributed by atoms with E-state index in [2.05, 4.69) is 10.5 Å². The van der Waals surface area contributed by atoms with Crippen LogP contribution in [0.4, 0.5) is 0 Å². The van der Waals surface area contributed by atoms with Crippen molar-refractivity contribution in [3.8, 4) is 5.69 Å². The molecule has 0 saturated heterocycles. The minimum atomic E-state index is -0.252. The lowest BCUT2D eigenvalue weighted by Gasteiger charge is -2.11. The Labute approximate surface area is 184 Å². The quantitative estimate of drug-likeness (QED) is 0.295. The van der Waals surface area contributed by atoms with Crippen molar-refractivity contribution in [1.29, 1.82) is 0 Å². The van der Waals surface area contributed by atoms with Crippen LogP contribution in [-0.2, 0) is 0 Å². The fraction of sp³-hybridized carbons (Fsp3) is 0.0833. The number of hydrazone groups is 1. The first-order valence-corrected chi connectivity index (χ1v) is 10.2. The van der Waals surface area contributed by atoms with E-state index < -0.39 is 0 Å². The summed E-state index contributed by atoms with van der Waals surface area (Å²) in [7, 11) is 0. The maximum absolute atomic E-state index is 12.6. The first kappa shape index (κ1) is 20.2. The predicted octanol–water partition coefficient (Wildman–Crippen LogP) is 6.32. The fourth-order valence-corrected chi connectivity index (χ4v) is 4.09. The van der Waals surface area contributed by atoms with Gasteiger partial charge in [0.25, 0.3) is 5.91 Å². The number of nitrogens with one attached hydrogen (secondary N) is 1. The van der Waals surface area contributed by atoms with E-state index in [4.69, 9.17) is 23.2 Å². The molecule has 0 spiro atoms. The zero-order valence-electron chi connectivity index (χ0n) is 16.5. The van der Waals surface area contributed by atoms with Gasteiger partial charge in [-0.3, -0.25) is 4.79 Å². The summed E-state index contributed by atoms with van der Waals surface area (Å²) in [5, 5.41) is 7.24. The highest BCUT2D eigenvalue weighted by atomic mass is 35.5. The molecule has 0 bridgehead atoms. The van der Waals surface area contributed by atoms with E-state index >= 15 is 0 Å². The lowest BCUT2D eigenvalue weighted by molar-refractivity contribution is 0.0957. The monoisotopic (exact) mass is 435 g/mol. The minimum absolute atomic E-state index is 0.252. The smallest absolute Gasteiger partial charge is 0.271 e. The molecule has 0 saturated carbocycles. The zero-order chi connectivity index (χ0) is 21.3. The van der Waals surface area contributed by atoms with Crippen molar-refractivity contribution in [2.24, 2.45) is 5.10 Å². The molecule has 0 unspecified atom stereocenters. The summed E-state index contributed by atoms with van der Waals surface area (Å²) in [6.07, 6.45) is 1.64. The number of nitrogens with zero attached hydrogens (tertiary/aromatic N) is 2. The van der Waals surface area contributed by atoms with E-state index in [1.54, 1.807) is 24.4 Å². The van der Waals surface area contributed by atoms with E-state index in [9.17, 15) is 4.79 Å². The number of hydrogen-bond donors (Lipinski definition) is 1. The van der Waals surface area contributed by atoms with Gasteiger partial charge in [-0.1, -0.05) is 59.6 Å². The Morgan fingerprint density at radius 2 is 1.77 bits per heavy atom. The first-order chi connectivity index (χ1) is 14.5. The predicted molar refractivity (Wildman–Crippen MR) is 124 cm³/mol. The van der Waals surface area contributed by atoms with Crippen LogP contribution < -0.4 is 5.43 Å². The highest BCUT2D eigenvalue weighted by Crippen LogP contribution is 2.28. The Morgan fingerprint density at radius 1 is 1.00 bits per heavy atom. The number of benzene rings is 3. The van der Waals surface area contributed by atoms with Gasteiger partial charge >= 0.3 is 0 Å². The van der Waals surface area contributed by atoms with E-state index in [1.807, 2.05) is 66.9 Å². The summed E-state index contributed by atoms with van der Waals surface area (Å²) in [5.74, 6) is -0.252. The molecule has 0 aliphatic carbocycles. The summed E-state index contributed by atoms with van der Waals surface area (Å²) in [4.78, 5) is 12.6. The molecule has 1 amide bonds. The Hall–Kier alpha value is -3.08. The highest BCUT2D eigenvalue weighted by molar-refractivity contribution is 6.35. The van der Waals surface area contributed by atoms with E-state index in [-0.39, 0.29) is 5.91 Å². The van der Waals surface area contributed by atoms with Gasteiger partial charge in [-0.05, 0) is 55.0 Å². The van der Waals surface area contributed by atoms with Crippen LogP contribution in [0.5, 0.6) is 0 Å². The van der Waals surface area contributed by atoms with E-state index in [1.165, 1.54) is 0 Å². The molecule has 3 aromatic carbocycles. The topological polar surface area (TPSA) is 46.4 Å². The van der Waals surface area contributed by atoms with Gasteiger partial charge in [0.05, 0.1) is 16.9 Å². The van der Waals surface area contributed by atoms with Gasteiger partial charge in [-0.25, -0.2) is 5.43 Å². The van der Waals surface area contributed by atoms with Crippen molar-refractivity contribution < 1.29 is 4.79 Å². The Morgan fingerprint density at radius 3 is 2.57 bits per heavy atom. The highest BCUT2D eigenvalue weighted by Gasteiger charge is 2.13. The third kappa shape index (κ3) is 3.84. The summed E-state index contributed by atoms with van der Waals surface area (Å²) in [5.41, 5.74) is 6.90. The second-order valence-electron chi connectivity index (χ2n) is 6.98. The van der Waals surface area contributed by atoms with Crippen LogP contribution in [-0.4, -0.2) is 16.7 Å². The van der Waals surface area contributed by atoms with E-state index in [0.717, 1.165) is 33.4 Å². The zero-order valence-corrected chi connectivity index (χ0v) is 18.0. The molecule has 1 aromatic heterocycles. The van der Waals surface area contributed by atoms with Gasteiger partial charge < -0.3 is 4.57 Å². The number of aromatic nitrogens is 1. The van der Waals surface area contributed by atoms with Gasteiger partial charge in [-0.15, -0.1) is 0 Å². The standard InChI is InChI=1S/C24H19Cl2N3O/c1-15-12-18(16(2)29(15)23-11-10-19(25)13-22(23)26)14-27-28-24(30)21-9-5-7-17-6-3-4-8-20(17)21/h3-14H,1-2H3,(H,28,30)/b27-14-. The number of aryl methyl sites for hydroxylation is 1. The van der Waals surface area contributed by atoms with E-state index in [0.29, 0.717) is 15.6 Å². The summed E-state index contributed by atoms with van der Waals surface area (Å²) < 4.78 is 2.03. The van der Waals surface area contributed by atoms with Crippen LogP contribution in [0.15, 0.2) is 71.8 Å². The Kier molecular flexibility index (Phi) is 5.62. The Bertz CT molecular complexity index is 1290. The number of hydrogen-bond acceptors (Lipinski definition) is 2. The second kappa shape index (κ2) is 8.34. The number of carbonyl (C=O) groups excluding carboxylic acids is 1. The van der Waals surface area contributed by atoms with Gasteiger partial charge in [0.15, 0.2) is 0 Å². The molecule has 6 heteroatoms. The molecule has 0 aliphatic heterocycles. The van der Waals surface area contributed by atoms with Crippen LogP contribution in [0.25, 0.3) is 16.5 Å². The van der Waals surface area contributed by atoms with Crippen LogP contribution >= 0.6 is 23.2 Å². The van der Waals surface area contributed by atoms with Crippen LogP contribution in [0, 0.1) is 13.8 Å². The van der Waals surface area contributed by atoms with Crippen LogP contribution in [0.3, 0.4) is 0 Å². The number of amides is 1. The molecule has 4 nitrogen and oxygen atoms in total. The number of halogens is 2. The number of rotatable bonds is 4. The maximum atomic E-state index is 12.6. The average Bonchev–Trinajstić information content (AvgIpc) is 3.01. The first-order valence-electron chi connectivity index (χ1n) is 9.41. The third-order valence-electron chi connectivity index (χ3n) is 5.02. The van der Waals surface area contributed by atoms with Gasteiger partial charge in [0.1, 0.15) is 0 Å². The van der Waals surface area contributed by atoms with Crippen molar-refractivity contribution in [2.75, 3.05) is 0 Å². The van der Waals surface area contributed by atoms with Crippen molar-refractivity contribution in [3.63, 3.8) is 0 Å². The fourth-order valence-electron chi connectivity index (χ4n) is 3.60. The number of fused-ring (bicyclic) bond motifs is 1. The SMILES string of the molecule is Cc1cc(/C=N\NC(=O)c2cccc3ccccc23)c(C)n1-c1ccc(Cl)cc1Cl. The summed E-state index contributed by atoms with van der Waals surface area (Å²) in [6, 6.07) is 20.8. The second-order valence-corrected chi connectivity index (χ2v) is 7.83. The molecule has 1 N–H and O–H groups in total. The van der Waals surface area contributed by atoms with Crippen molar-refractivity contribution in [3.05, 3.63) is 99.3 Å². The van der Waals surface area contributed by atoms with Crippen LogP contribution in [0.2, 0.25) is 10.0 Å². The molecule has 0 atom stereocenters. The van der Waals surface area contributed by atoms with Crippen LogP contribution in [0.1, 0.15) is 27.3 Å². The van der Waals surface area contributed by atoms with Crippen molar-refractivity contribution >= 4 is 46.1 Å². The molecule has 4 rings (SSSR count). The van der Waals surface area contributed by atoms with Crippen molar-refractivity contribution in [1.82, 2.24) is 9.99 Å². The molecule has 30 heavy (non-hydrogen) atoms. The molecule has 1 heterocycles. The molecule has 0 aliphatic rings.